The van der Waals surface area contributed by atoms with Crippen molar-refractivity contribution < 1.29 is 9.15 Å². The zero-order chi connectivity index (χ0) is 15.6. The van der Waals surface area contributed by atoms with Crippen LogP contribution in [0.15, 0.2) is 65.1 Å². The van der Waals surface area contributed by atoms with Crippen LogP contribution in [-0.4, -0.2) is 0 Å². The Kier molecular flexibility index (Phi) is 2.31. The van der Waals surface area contributed by atoms with Crippen LogP contribution < -0.4 is 4.74 Å². The standard InChI is InChI=1S/C21H16O2/c1-21(2)14-8-4-6-10-17(14)23-20-15(21)11-12-18-19(20)13-7-3-5-9-16(13)22-18/h3-12H,1-2H3. The van der Waals surface area contributed by atoms with Crippen LogP contribution in [0.3, 0.4) is 0 Å². The van der Waals surface area contributed by atoms with E-state index in [4.69, 9.17) is 9.15 Å². The molecule has 0 fully saturated rings. The molecule has 0 saturated carbocycles. The first-order valence-corrected chi connectivity index (χ1v) is 7.88. The summed E-state index contributed by atoms with van der Waals surface area (Å²) in [5.74, 6) is 1.86. The highest BCUT2D eigenvalue weighted by molar-refractivity contribution is 6.09. The molecule has 4 aromatic rings. The van der Waals surface area contributed by atoms with Crippen molar-refractivity contribution in [1.82, 2.24) is 0 Å². The molecule has 0 unspecified atom stereocenters. The molecule has 0 aliphatic carbocycles. The lowest BCUT2D eigenvalue weighted by atomic mass is 9.75. The van der Waals surface area contributed by atoms with E-state index in [1.54, 1.807) is 0 Å². The predicted octanol–water partition coefficient (Wildman–Crippen LogP) is 6.02. The first-order chi connectivity index (χ1) is 11.2. The fourth-order valence-electron chi connectivity index (χ4n) is 3.71. The number of hydrogen-bond acceptors (Lipinski definition) is 2. The highest BCUT2D eigenvalue weighted by Gasteiger charge is 2.35. The molecule has 0 bridgehead atoms. The van der Waals surface area contributed by atoms with Crippen LogP contribution in [0.25, 0.3) is 21.9 Å². The Hall–Kier alpha value is -2.74. The van der Waals surface area contributed by atoms with E-state index >= 15 is 0 Å². The molecule has 3 aromatic carbocycles. The van der Waals surface area contributed by atoms with Crippen molar-refractivity contribution in [2.45, 2.75) is 19.3 Å². The Morgan fingerprint density at radius 1 is 0.739 bits per heavy atom. The highest BCUT2D eigenvalue weighted by Crippen LogP contribution is 2.51. The van der Waals surface area contributed by atoms with Gasteiger partial charge in [-0.1, -0.05) is 56.3 Å². The average molecular weight is 300 g/mol. The lowest BCUT2D eigenvalue weighted by Crippen LogP contribution is -2.24. The van der Waals surface area contributed by atoms with Gasteiger partial charge in [0.25, 0.3) is 0 Å². The number of hydrogen-bond donors (Lipinski definition) is 0. The molecule has 112 valence electrons. The van der Waals surface area contributed by atoms with E-state index in [0.29, 0.717) is 0 Å². The molecule has 5 rings (SSSR count). The largest absolute Gasteiger partial charge is 0.456 e. The Labute approximate surface area is 134 Å². The molecular weight excluding hydrogens is 284 g/mol. The van der Waals surface area contributed by atoms with Gasteiger partial charge in [0.2, 0.25) is 0 Å². The lowest BCUT2D eigenvalue weighted by molar-refractivity contribution is 0.423. The third kappa shape index (κ3) is 1.58. The molecular formula is C21H16O2. The van der Waals surface area contributed by atoms with Crippen molar-refractivity contribution in [1.29, 1.82) is 0 Å². The Morgan fingerprint density at radius 2 is 1.52 bits per heavy atom. The van der Waals surface area contributed by atoms with Crippen LogP contribution in [0, 0.1) is 0 Å². The van der Waals surface area contributed by atoms with Crippen molar-refractivity contribution in [2.24, 2.45) is 0 Å². The van der Waals surface area contributed by atoms with Crippen LogP contribution in [0.1, 0.15) is 25.0 Å². The van der Waals surface area contributed by atoms with Gasteiger partial charge in [-0.3, -0.25) is 0 Å². The van der Waals surface area contributed by atoms with Gasteiger partial charge in [0.05, 0.1) is 5.39 Å². The minimum atomic E-state index is -0.100. The number of ether oxygens (including phenoxy) is 1. The van der Waals surface area contributed by atoms with Crippen LogP contribution in [-0.2, 0) is 5.41 Å². The smallest absolute Gasteiger partial charge is 0.143 e. The topological polar surface area (TPSA) is 22.4 Å². The molecule has 2 heteroatoms. The Morgan fingerprint density at radius 3 is 2.43 bits per heavy atom. The van der Waals surface area contributed by atoms with Gasteiger partial charge in [0, 0.05) is 21.9 Å². The van der Waals surface area contributed by atoms with Crippen LogP contribution in [0.2, 0.25) is 0 Å². The monoisotopic (exact) mass is 300 g/mol. The minimum Gasteiger partial charge on any atom is -0.456 e. The maximum atomic E-state index is 6.33. The Balaban J connectivity index is 1.93. The summed E-state index contributed by atoms with van der Waals surface area (Å²) in [6.07, 6.45) is 0. The van der Waals surface area contributed by atoms with Gasteiger partial charge < -0.3 is 9.15 Å². The number of para-hydroxylation sites is 2. The molecule has 0 atom stereocenters. The summed E-state index contributed by atoms with van der Waals surface area (Å²) in [5.41, 5.74) is 4.10. The number of benzene rings is 3. The van der Waals surface area contributed by atoms with Crippen molar-refractivity contribution in [2.75, 3.05) is 0 Å². The summed E-state index contributed by atoms with van der Waals surface area (Å²) >= 11 is 0. The van der Waals surface area contributed by atoms with Gasteiger partial charge >= 0.3 is 0 Å². The fourth-order valence-corrected chi connectivity index (χ4v) is 3.71. The maximum absolute atomic E-state index is 6.33. The van der Waals surface area contributed by atoms with Crippen LogP contribution in [0.4, 0.5) is 0 Å². The predicted molar refractivity (Wildman–Crippen MR) is 92.4 cm³/mol. The summed E-state index contributed by atoms with van der Waals surface area (Å²) < 4.78 is 12.3. The summed E-state index contributed by atoms with van der Waals surface area (Å²) in [5, 5.41) is 2.18. The third-order valence-electron chi connectivity index (χ3n) is 4.94. The molecule has 23 heavy (non-hydrogen) atoms. The molecule has 1 aromatic heterocycles. The van der Waals surface area contributed by atoms with Gasteiger partial charge in [-0.25, -0.2) is 0 Å². The number of rotatable bonds is 0. The maximum Gasteiger partial charge on any atom is 0.143 e. The van der Waals surface area contributed by atoms with E-state index in [9.17, 15) is 0 Å². The molecule has 0 saturated heterocycles. The van der Waals surface area contributed by atoms with Gasteiger partial charge in [-0.05, 0) is 18.2 Å². The normalized spacial score (nSPS) is 15.2. The van der Waals surface area contributed by atoms with Gasteiger partial charge in [0.15, 0.2) is 0 Å². The number of fused-ring (bicyclic) bond motifs is 6. The molecule has 1 aliphatic rings. The van der Waals surface area contributed by atoms with Crippen LogP contribution in [0.5, 0.6) is 11.5 Å². The molecule has 0 amide bonds. The number of furan rings is 1. The summed E-state index contributed by atoms with van der Waals surface area (Å²) in [7, 11) is 0. The average Bonchev–Trinajstić information content (AvgIpc) is 2.94. The fraction of sp³-hybridized carbons (Fsp3) is 0.143. The SMILES string of the molecule is CC1(C)c2ccccc2Oc2c1ccc1oc3ccccc3c21. The van der Waals surface area contributed by atoms with Crippen LogP contribution >= 0.6 is 0 Å². The van der Waals surface area contributed by atoms with E-state index < -0.39 is 0 Å². The Bertz CT molecular complexity index is 1070. The summed E-state index contributed by atoms with van der Waals surface area (Å²) in [6, 6.07) is 20.6. The molecule has 0 radical (unpaired) electrons. The van der Waals surface area contributed by atoms with Crippen molar-refractivity contribution in [3.05, 3.63) is 71.8 Å². The quantitative estimate of drug-likeness (QED) is 0.396. The van der Waals surface area contributed by atoms with Crippen molar-refractivity contribution in [3.8, 4) is 11.5 Å². The van der Waals surface area contributed by atoms with E-state index in [1.807, 2.05) is 30.3 Å². The summed E-state index contributed by atoms with van der Waals surface area (Å²) in [4.78, 5) is 0. The van der Waals surface area contributed by atoms with Gasteiger partial charge in [-0.2, -0.15) is 0 Å². The second-order valence-electron chi connectivity index (χ2n) is 6.64. The highest BCUT2D eigenvalue weighted by atomic mass is 16.5. The molecule has 1 aliphatic heterocycles. The van der Waals surface area contributed by atoms with Crippen molar-refractivity contribution >= 4 is 21.9 Å². The second kappa shape index (κ2) is 4.17. The second-order valence-corrected chi connectivity index (χ2v) is 6.64. The van der Waals surface area contributed by atoms with Crippen molar-refractivity contribution in [3.63, 3.8) is 0 Å². The van der Waals surface area contributed by atoms with E-state index in [1.165, 1.54) is 11.1 Å². The zero-order valence-corrected chi connectivity index (χ0v) is 13.1. The van der Waals surface area contributed by atoms with E-state index in [0.717, 1.165) is 33.4 Å². The summed E-state index contributed by atoms with van der Waals surface area (Å²) in [6.45, 7) is 4.50. The first-order valence-electron chi connectivity index (χ1n) is 7.88. The lowest BCUT2D eigenvalue weighted by Gasteiger charge is -2.34. The first kappa shape index (κ1) is 12.8. The molecule has 0 N–H and O–H groups in total. The molecule has 2 nitrogen and oxygen atoms in total. The third-order valence-corrected chi connectivity index (χ3v) is 4.94. The van der Waals surface area contributed by atoms with E-state index in [-0.39, 0.29) is 5.41 Å². The van der Waals surface area contributed by atoms with Gasteiger partial charge in [-0.15, -0.1) is 0 Å². The zero-order valence-electron chi connectivity index (χ0n) is 13.1. The van der Waals surface area contributed by atoms with Gasteiger partial charge in [0.1, 0.15) is 22.7 Å². The van der Waals surface area contributed by atoms with E-state index in [2.05, 4.69) is 44.2 Å². The molecule has 0 spiro atoms. The minimum absolute atomic E-state index is 0.100. The molecule has 2 heterocycles.